The van der Waals surface area contributed by atoms with Crippen molar-refractivity contribution in [3.05, 3.63) is 70.8 Å². The van der Waals surface area contributed by atoms with Crippen LogP contribution < -0.4 is 10.6 Å². The summed E-state index contributed by atoms with van der Waals surface area (Å²) in [6.45, 7) is 6.94. The van der Waals surface area contributed by atoms with E-state index in [1.54, 1.807) is 13.8 Å². The second-order valence-corrected chi connectivity index (χ2v) is 9.01. The third-order valence-electron chi connectivity index (χ3n) is 5.41. The number of nitrogens with zero attached hydrogens (tertiary/aromatic N) is 1. The van der Waals surface area contributed by atoms with Crippen LogP contribution in [0.5, 0.6) is 0 Å². The van der Waals surface area contributed by atoms with E-state index in [4.69, 9.17) is 0 Å². The molecule has 0 aromatic heterocycles. The molecule has 2 aromatic rings. The molecule has 0 aliphatic carbocycles. The molecule has 31 heavy (non-hydrogen) atoms. The highest BCUT2D eigenvalue weighted by molar-refractivity contribution is 5.90. The first kappa shape index (κ1) is 24.6. The van der Waals surface area contributed by atoms with Crippen LogP contribution in [0.3, 0.4) is 0 Å². The molecular formula is C26H37N3O2. The molecule has 0 unspecified atom stereocenters. The number of benzene rings is 2. The number of carbonyl (C=O) groups is 2. The summed E-state index contributed by atoms with van der Waals surface area (Å²) in [6.07, 6.45) is 2.93. The van der Waals surface area contributed by atoms with Gasteiger partial charge in [0.25, 0.3) is 0 Å². The van der Waals surface area contributed by atoms with Gasteiger partial charge in [0, 0.05) is 19.5 Å². The summed E-state index contributed by atoms with van der Waals surface area (Å²) < 4.78 is 0. The van der Waals surface area contributed by atoms with Gasteiger partial charge in [0.05, 0.1) is 0 Å². The molecule has 2 aromatic carbocycles. The van der Waals surface area contributed by atoms with Gasteiger partial charge in [0.15, 0.2) is 0 Å². The summed E-state index contributed by atoms with van der Waals surface area (Å²) in [6, 6.07) is 17.1. The largest absolute Gasteiger partial charge is 0.353 e. The van der Waals surface area contributed by atoms with E-state index in [1.165, 1.54) is 22.3 Å². The van der Waals surface area contributed by atoms with Gasteiger partial charge in [-0.1, -0.05) is 48.5 Å². The van der Waals surface area contributed by atoms with Gasteiger partial charge >= 0.3 is 0 Å². The van der Waals surface area contributed by atoms with Gasteiger partial charge in [-0.15, -0.1) is 0 Å². The molecule has 2 rings (SSSR count). The van der Waals surface area contributed by atoms with E-state index in [0.29, 0.717) is 13.0 Å². The lowest BCUT2D eigenvalue weighted by Crippen LogP contribution is -2.55. The Morgan fingerprint density at radius 3 is 2.26 bits per heavy atom. The van der Waals surface area contributed by atoms with Crippen LogP contribution in [0, 0.1) is 6.92 Å². The molecule has 2 N–H and O–H groups in total. The predicted octanol–water partition coefficient (Wildman–Crippen LogP) is 3.48. The number of likely N-dealkylation sites (N-methyl/N-ethyl adjacent to an activating group) is 1. The maximum Gasteiger partial charge on any atom is 0.245 e. The Balaban J connectivity index is 1.75. The van der Waals surface area contributed by atoms with Crippen molar-refractivity contribution >= 4 is 11.8 Å². The standard InChI is InChI=1S/C26H37N3O2/c1-20-9-6-7-11-23(20)19-22-15-13-21(14-16-22)10-8-12-24(30)28-26(2,3)25(31)27-17-18-29(4)5/h6-7,9,11,13-16H,8,10,12,17-19H2,1-5H3,(H,27,31)(H,28,30). The van der Waals surface area contributed by atoms with Crippen molar-refractivity contribution in [2.45, 2.75) is 52.0 Å². The molecule has 0 spiro atoms. The molecule has 0 bridgehead atoms. The topological polar surface area (TPSA) is 61.4 Å². The Morgan fingerprint density at radius 1 is 0.968 bits per heavy atom. The highest BCUT2D eigenvalue weighted by Gasteiger charge is 2.28. The average Bonchev–Trinajstić information content (AvgIpc) is 2.70. The lowest BCUT2D eigenvalue weighted by atomic mass is 9.98. The molecule has 168 valence electrons. The molecule has 5 nitrogen and oxygen atoms in total. The minimum atomic E-state index is -0.916. The molecule has 0 saturated heterocycles. The summed E-state index contributed by atoms with van der Waals surface area (Å²) in [5.41, 5.74) is 4.26. The average molecular weight is 424 g/mol. The van der Waals surface area contributed by atoms with Crippen molar-refractivity contribution in [2.24, 2.45) is 0 Å². The summed E-state index contributed by atoms with van der Waals surface area (Å²) in [5.74, 6) is -0.254. The van der Waals surface area contributed by atoms with Crippen LogP contribution in [0.4, 0.5) is 0 Å². The fourth-order valence-electron chi connectivity index (χ4n) is 3.39. The van der Waals surface area contributed by atoms with Gasteiger partial charge in [0.1, 0.15) is 5.54 Å². The van der Waals surface area contributed by atoms with Gasteiger partial charge in [0.2, 0.25) is 11.8 Å². The van der Waals surface area contributed by atoms with Gasteiger partial charge in [-0.05, 0) is 76.4 Å². The highest BCUT2D eigenvalue weighted by atomic mass is 16.2. The lowest BCUT2D eigenvalue weighted by Gasteiger charge is -2.25. The minimum absolute atomic E-state index is 0.0936. The first-order chi connectivity index (χ1) is 14.7. The van der Waals surface area contributed by atoms with Gasteiger partial charge in [-0.25, -0.2) is 0 Å². The van der Waals surface area contributed by atoms with E-state index in [0.717, 1.165) is 25.8 Å². The quantitative estimate of drug-likeness (QED) is 0.582. The monoisotopic (exact) mass is 423 g/mol. The van der Waals surface area contributed by atoms with E-state index in [-0.39, 0.29) is 11.8 Å². The molecule has 5 heteroatoms. The predicted molar refractivity (Wildman–Crippen MR) is 127 cm³/mol. The highest BCUT2D eigenvalue weighted by Crippen LogP contribution is 2.15. The Hall–Kier alpha value is -2.66. The number of carbonyl (C=O) groups excluding carboxylic acids is 2. The smallest absolute Gasteiger partial charge is 0.245 e. The first-order valence-corrected chi connectivity index (χ1v) is 11.0. The van der Waals surface area contributed by atoms with Crippen LogP contribution in [0.15, 0.2) is 48.5 Å². The zero-order chi connectivity index (χ0) is 22.9. The lowest BCUT2D eigenvalue weighted by molar-refractivity contribution is -0.132. The van der Waals surface area contributed by atoms with Crippen molar-refractivity contribution in [3.8, 4) is 0 Å². The zero-order valence-electron chi connectivity index (χ0n) is 19.6. The van der Waals surface area contributed by atoms with Gasteiger partial charge in [-0.2, -0.15) is 0 Å². The molecule has 0 aliphatic rings. The van der Waals surface area contributed by atoms with E-state index in [1.807, 2.05) is 19.0 Å². The normalized spacial score (nSPS) is 11.4. The Kier molecular flexibility index (Phi) is 9.25. The van der Waals surface area contributed by atoms with Crippen LogP contribution >= 0.6 is 0 Å². The molecule has 0 heterocycles. The fourth-order valence-corrected chi connectivity index (χ4v) is 3.39. The number of rotatable bonds is 11. The van der Waals surface area contributed by atoms with Crippen LogP contribution in [-0.2, 0) is 22.4 Å². The molecule has 0 radical (unpaired) electrons. The number of hydrogen-bond donors (Lipinski definition) is 2. The maximum absolute atomic E-state index is 12.3. The summed E-state index contributed by atoms with van der Waals surface area (Å²) in [7, 11) is 3.91. The van der Waals surface area contributed by atoms with E-state index in [2.05, 4.69) is 66.1 Å². The van der Waals surface area contributed by atoms with Gasteiger partial charge < -0.3 is 15.5 Å². The first-order valence-electron chi connectivity index (χ1n) is 11.0. The number of amides is 2. The van der Waals surface area contributed by atoms with Crippen molar-refractivity contribution in [3.63, 3.8) is 0 Å². The summed E-state index contributed by atoms with van der Waals surface area (Å²) in [5, 5.41) is 5.73. The third kappa shape index (κ3) is 8.54. The second kappa shape index (κ2) is 11.7. The number of hydrogen-bond acceptors (Lipinski definition) is 3. The molecule has 0 atom stereocenters. The summed E-state index contributed by atoms with van der Waals surface area (Å²) in [4.78, 5) is 26.6. The van der Waals surface area contributed by atoms with E-state index >= 15 is 0 Å². The Labute approximate surface area is 187 Å². The van der Waals surface area contributed by atoms with Crippen molar-refractivity contribution < 1.29 is 9.59 Å². The second-order valence-electron chi connectivity index (χ2n) is 9.01. The van der Waals surface area contributed by atoms with Crippen molar-refractivity contribution in [1.29, 1.82) is 0 Å². The third-order valence-corrected chi connectivity index (χ3v) is 5.41. The fraction of sp³-hybridized carbons (Fsp3) is 0.462. The summed E-state index contributed by atoms with van der Waals surface area (Å²) >= 11 is 0. The number of aryl methyl sites for hydroxylation is 2. The van der Waals surface area contributed by atoms with E-state index < -0.39 is 5.54 Å². The van der Waals surface area contributed by atoms with Crippen LogP contribution in [0.1, 0.15) is 48.9 Å². The van der Waals surface area contributed by atoms with Crippen LogP contribution in [-0.4, -0.2) is 49.4 Å². The SMILES string of the molecule is Cc1ccccc1Cc1ccc(CCCC(=O)NC(C)(C)C(=O)NCCN(C)C)cc1. The zero-order valence-corrected chi connectivity index (χ0v) is 19.6. The molecule has 0 saturated carbocycles. The molecular weight excluding hydrogens is 386 g/mol. The van der Waals surface area contributed by atoms with Crippen molar-refractivity contribution in [1.82, 2.24) is 15.5 Å². The Morgan fingerprint density at radius 2 is 1.61 bits per heavy atom. The molecule has 0 fully saturated rings. The Bertz CT molecular complexity index is 857. The van der Waals surface area contributed by atoms with Crippen LogP contribution in [0.25, 0.3) is 0 Å². The number of nitrogens with one attached hydrogen (secondary N) is 2. The molecule has 2 amide bonds. The van der Waals surface area contributed by atoms with E-state index in [9.17, 15) is 9.59 Å². The van der Waals surface area contributed by atoms with Crippen LogP contribution in [0.2, 0.25) is 0 Å². The maximum atomic E-state index is 12.3. The minimum Gasteiger partial charge on any atom is -0.353 e. The van der Waals surface area contributed by atoms with Crippen molar-refractivity contribution in [2.75, 3.05) is 27.2 Å². The van der Waals surface area contributed by atoms with Gasteiger partial charge in [-0.3, -0.25) is 9.59 Å². The molecule has 0 aliphatic heterocycles.